The third kappa shape index (κ3) is 4.38. The summed E-state index contributed by atoms with van der Waals surface area (Å²) in [7, 11) is 2.23. The molecule has 0 N–H and O–H groups in total. The van der Waals surface area contributed by atoms with E-state index in [2.05, 4.69) is 34.1 Å². The minimum Gasteiger partial charge on any atom is -0.332 e. The molecule has 1 aliphatic carbocycles. The summed E-state index contributed by atoms with van der Waals surface area (Å²) < 4.78 is 0. The topological polar surface area (TPSA) is 52.6 Å². The van der Waals surface area contributed by atoms with Crippen molar-refractivity contribution in [3.8, 4) is 0 Å². The number of likely N-dealkylation sites (N-methyl/N-ethyl adjacent to an activating group) is 1. The van der Waals surface area contributed by atoms with Gasteiger partial charge in [-0.1, -0.05) is 13.8 Å². The maximum atomic E-state index is 12.1. The number of hydrogen-bond donors (Lipinski definition) is 0. The van der Waals surface area contributed by atoms with Gasteiger partial charge >= 0.3 is 0 Å². The van der Waals surface area contributed by atoms with Crippen molar-refractivity contribution in [2.45, 2.75) is 70.4 Å². The fourth-order valence-corrected chi connectivity index (χ4v) is 6.52. The van der Waals surface area contributed by atoms with Crippen LogP contribution in [-0.4, -0.2) is 77.4 Å². The number of carbonyl (C=O) groups excluding carboxylic acids is 1. The minimum atomic E-state index is 0.196. The number of aromatic nitrogens is 2. The highest BCUT2D eigenvalue weighted by molar-refractivity contribution is 5.83. The number of fused-ring (bicyclic) bond motifs is 2. The van der Waals surface area contributed by atoms with E-state index in [1.54, 1.807) is 0 Å². The van der Waals surface area contributed by atoms with Crippen LogP contribution in [0.25, 0.3) is 0 Å². The Kier molecular flexibility index (Phi) is 6.04. The smallest absolute Gasteiger partial charge is 0.225 e. The van der Waals surface area contributed by atoms with Crippen LogP contribution >= 0.6 is 0 Å². The monoisotopic (exact) mass is 425 g/mol. The molecule has 0 spiro atoms. The fourth-order valence-electron chi connectivity index (χ4n) is 6.52. The summed E-state index contributed by atoms with van der Waals surface area (Å²) in [6.45, 7) is 9.83. The Morgan fingerprint density at radius 2 is 1.65 bits per heavy atom. The van der Waals surface area contributed by atoms with E-state index < -0.39 is 0 Å². The first kappa shape index (κ1) is 21.3. The Labute approximate surface area is 187 Å². The SMILES string of the molecule is CC(C)C(=O)[C@H]1C[C@H](CN2CCC(c3cnc(N4C5CCC4CN(C)C5)nc3)CC2)C1. The molecule has 2 atom stereocenters. The van der Waals surface area contributed by atoms with Crippen LogP contribution in [0.5, 0.6) is 0 Å². The molecule has 4 fully saturated rings. The quantitative estimate of drug-likeness (QED) is 0.698. The molecule has 0 amide bonds. The molecule has 1 aromatic heterocycles. The van der Waals surface area contributed by atoms with Crippen LogP contribution in [0.1, 0.15) is 63.9 Å². The lowest BCUT2D eigenvalue weighted by Crippen LogP contribution is -2.53. The van der Waals surface area contributed by atoms with Gasteiger partial charge in [0.25, 0.3) is 0 Å². The average Bonchev–Trinajstić information content (AvgIpc) is 3.01. The molecule has 0 aromatic carbocycles. The van der Waals surface area contributed by atoms with E-state index in [9.17, 15) is 4.79 Å². The van der Waals surface area contributed by atoms with E-state index in [0.717, 1.165) is 50.9 Å². The summed E-state index contributed by atoms with van der Waals surface area (Å²) in [6, 6.07) is 1.17. The van der Waals surface area contributed by atoms with Crippen LogP contribution in [0.15, 0.2) is 12.4 Å². The number of Topliss-reactive ketones (excluding diaryl/α,β-unsaturated/α-hetero) is 1. The molecular weight excluding hydrogens is 386 g/mol. The highest BCUT2D eigenvalue weighted by atomic mass is 16.1. The molecular formula is C25H39N5O. The third-order valence-electron chi connectivity index (χ3n) is 8.34. The van der Waals surface area contributed by atoms with Crippen LogP contribution in [-0.2, 0) is 4.79 Å². The number of anilines is 1. The lowest BCUT2D eigenvalue weighted by atomic mass is 9.70. The van der Waals surface area contributed by atoms with Gasteiger partial charge in [-0.15, -0.1) is 0 Å². The average molecular weight is 426 g/mol. The van der Waals surface area contributed by atoms with Crippen molar-refractivity contribution >= 4 is 11.7 Å². The largest absolute Gasteiger partial charge is 0.332 e. The molecule has 3 aliphatic heterocycles. The second-order valence-corrected chi connectivity index (χ2v) is 11.0. The zero-order chi connectivity index (χ0) is 21.5. The highest BCUT2D eigenvalue weighted by Crippen LogP contribution is 2.38. The zero-order valence-electron chi connectivity index (χ0n) is 19.5. The predicted molar refractivity (Wildman–Crippen MR) is 123 cm³/mol. The first-order chi connectivity index (χ1) is 15.0. The lowest BCUT2D eigenvalue weighted by molar-refractivity contribution is -0.130. The van der Waals surface area contributed by atoms with Crippen molar-refractivity contribution < 1.29 is 4.79 Å². The summed E-state index contributed by atoms with van der Waals surface area (Å²) in [4.78, 5) is 29.3. The molecule has 0 radical (unpaired) electrons. The van der Waals surface area contributed by atoms with E-state index in [1.165, 1.54) is 37.8 Å². The number of carbonyl (C=O) groups is 1. The Balaban J connectivity index is 1.10. The van der Waals surface area contributed by atoms with Gasteiger partial charge in [-0.2, -0.15) is 0 Å². The molecule has 4 heterocycles. The van der Waals surface area contributed by atoms with Gasteiger partial charge in [0, 0.05) is 55.9 Å². The first-order valence-electron chi connectivity index (χ1n) is 12.5. The second-order valence-electron chi connectivity index (χ2n) is 11.0. The van der Waals surface area contributed by atoms with Crippen LogP contribution in [0.2, 0.25) is 0 Å². The van der Waals surface area contributed by atoms with Gasteiger partial charge in [-0.3, -0.25) is 4.79 Å². The third-order valence-corrected chi connectivity index (χ3v) is 8.34. The van der Waals surface area contributed by atoms with Crippen molar-refractivity contribution in [2.75, 3.05) is 44.7 Å². The Morgan fingerprint density at radius 1 is 1.03 bits per heavy atom. The molecule has 4 aliphatic rings. The van der Waals surface area contributed by atoms with E-state index in [-0.39, 0.29) is 5.92 Å². The van der Waals surface area contributed by atoms with E-state index in [1.807, 2.05) is 13.8 Å². The van der Waals surface area contributed by atoms with Gasteiger partial charge in [-0.05, 0) is 76.1 Å². The van der Waals surface area contributed by atoms with Crippen LogP contribution in [0, 0.1) is 17.8 Å². The number of piperazine rings is 1. The molecule has 5 rings (SSSR count). The minimum absolute atomic E-state index is 0.196. The summed E-state index contributed by atoms with van der Waals surface area (Å²) >= 11 is 0. The second kappa shape index (κ2) is 8.78. The van der Waals surface area contributed by atoms with E-state index in [0.29, 0.717) is 29.7 Å². The molecule has 1 aromatic rings. The van der Waals surface area contributed by atoms with Gasteiger partial charge in [0.15, 0.2) is 0 Å². The van der Waals surface area contributed by atoms with E-state index >= 15 is 0 Å². The van der Waals surface area contributed by atoms with Crippen molar-refractivity contribution in [3.63, 3.8) is 0 Å². The zero-order valence-corrected chi connectivity index (χ0v) is 19.5. The number of nitrogens with zero attached hydrogens (tertiary/aromatic N) is 5. The van der Waals surface area contributed by atoms with Gasteiger partial charge in [0.1, 0.15) is 5.78 Å². The summed E-state index contributed by atoms with van der Waals surface area (Å²) in [5.74, 6) is 3.27. The summed E-state index contributed by atoms with van der Waals surface area (Å²) in [5, 5.41) is 0. The maximum Gasteiger partial charge on any atom is 0.225 e. The van der Waals surface area contributed by atoms with E-state index in [4.69, 9.17) is 9.97 Å². The molecule has 2 unspecified atom stereocenters. The number of likely N-dealkylation sites (tertiary alicyclic amines) is 2. The van der Waals surface area contributed by atoms with Crippen LogP contribution in [0.3, 0.4) is 0 Å². The van der Waals surface area contributed by atoms with Crippen molar-refractivity contribution in [1.29, 1.82) is 0 Å². The van der Waals surface area contributed by atoms with Crippen LogP contribution in [0.4, 0.5) is 5.95 Å². The molecule has 3 saturated heterocycles. The molecule has 31 heavy (non-hydrogen) atoms. The van der Waals surface area contributed by atoms with Gasteiger partial charge in [-0.25, -0.2) is 9.97 Å². The maximum absolute atomic E-state index is 12.1. The van der Waals surface area contributed by atoms with Crippen molar-refractivity contribution in [1.82, 2.24) is 19.8 Å². The Morgan fingerprint density at radius 3 is 2.23 bits per heavy atom. The van der Waals surface area contributed by atoms with Gasteiger partial charge < -0.3 is 14.7 Å². The predicted octanol–water partition coefficient (Wildman–Crippen LogP) is 3.19. The fraction of sp³-hybridized carbons (Fsp3) is 0.800. The van der Waals surface area contributed by atoms with Gasteiger partial charge in [0.05, 0.1) is 0 Å². The van der Waals surface area contributed by atoms with Gasteiger partial charge in [0.2, 0.25) is 5.95 Å². The number of ketones is 1. The Hall–Kier alpha value is -1.53. The Bertz CT molecular complexity index is 753. The van der Waals surface area contributed by atoms with Crippen LogP contribution < -0.4 is 4.90 Å². The first-order valence-corrected chi connectivity index (χ1v) is 12.5. The molecule has 1 saturated carbocycles. The molecule has 2 bridgehead atoms. The molecule has 6 heteroatoms. The number of rotatable bonds is 6. The number of hydrogen-bond acceptors (Lipinski definition) is 6. The summed E-state index contributed by atoms with van der Waals surface area (Å²) in [6.07, 6.45) is 11.4. The molecule has 6 nitrogen and oxygen atoms in total. The lowest BCUT2D eigenvalue weighted by Gasteiger charge is -2.41. The van der Waals surface area contributed by atoms with Crippen molar-refractivity contribution in [3.05, 3.63) is 18.0 Å². The standard InChI is InChI=1S/C25H39N5O/c1-17(2)24(31)20-10-18(11-20)14-29-8-6-19(7-9-29)21-12-26-25(27-13-21)30-22-4-5-23(30)16-28(3)15-22/h12-13,17-20,22-23H,4-11,14-16H2,1-3H3/t18-,20-,22?,23?. The normalized spacial score (nSPS) is 32.5. The highest BCUT2D eigenvalue weighted by Gasteiger charge is 2.40. The summed E-state index contributed by atoms with van der Waals surface area (Å²) in [5.41, 5.74) is 1.32. The van der Waals surface area contributed by atoms with Crippen molar-refractivity contribution in [2.24, 2.45) is 17.8 Å². The molecule has 170 valence electrons. The number of piperidine rings is 1.